The van der Waals surface area contributed by atoms with Crippen molar-refractivity contribution in [2.75, 3.05) is 18.0 Å². The number of rotatable bonds is 8. The number of carboxylic acid groups (broad SMARTS) is 1. The normalized spacial score (nSPS) is 15.6. The number of benzene rings is 2. The molecular weight excluding hydrogens is 571 g/mol. The lowest BCUT2D eigenvalue weighted by atomic mass is 9.81. The fraction of sp³-hybridized carbons (Fsp3) is 0.441. The smallest absolute Gasteiger partial charge is 0.337 e. The molecule has 7 nitrogen and oxygen atoms in total. The minimum absolute atomic E-state index is 0.150. The molecule has 0 radical (unpaired) electrons. The van der Waals surface area contributed by atoms with E-state index in [2.05, 4.69) is 24.1 Å². The molecule has 1 amide bonds. The first-order valence-corrected chi connectivity index (χ1v) is 14.7. The van der Waals surface area contributed by atoms with Crippen molar-refractivity contribution >= 4 is 17.6 Å². The average molecular weight is 612 g/mol. The van der Waals surface area contributed by atoms with Gasteiger partial charge in [-0.15, -0.1) is 0 Å². The molecular formula is C34H40F3N3O4. The van der Waals surface area contributed by atoms with Crippen LogP contribution in [0.1, 0.15) is 86.4 Å². The van der Waals surface area contributed by atoms with E-state index in [9.17, 15) is 27.9 Å². The molecule has 1 fully saturated rings. The summed E-state index contributed by atoms with van der Waals surface area (Å²) >= 11 is 0. The average Bonchev–Trinajstić information content (AvgIpc) is 2.90. The van der Waals surface area contributed by atoms with Gasteiger partial charge in [0, 0.05) is 65.4 Å². The highest BCUT2D eigenvalue weighted by Gasteiger charge is 2.36. The van der Waals surface area contributed by atoms with Gasteiger partial charge >= 0.3 is 5.97 Å². The van der Waals surface area contributed by atoms with E-state index in [0.717, 1.165) is 42.7 Å². The quantitative estimate of drug-likeness (QED) is 0.278. The molecule has 1 saturated heterocycles. The number of hydrogen-bond acceptors (Lipinski definition) is 5. The molecule has 10 heteroatoms. The molecule has 1 unspecified atom stereocenters. The van der Waals surface area contributed by atoms with E-state index in [-0.39, 0.29) is 11.0 Å². The number of nitrogens with zero attached hydrogens (tertiary/aromatic N) is 2. The fourth-order valence-corrected chi connectivity index (χ4v) is 5.56. The Hall–Kier alpha value is -3.92. The van der Waals surface area contributed by atoms with Gasteiger partial charge in [0.15, 0.2) is 6.10 Å². The van der Waals surface area contributed by atoms with E-state index in [1.54, 1.807) is 31.2 Å². The van der Waals surface area contributed by atoms with Gasteiger partial charge in [-0.25, -0.2) is 18.0 Å². The zero-order valence-corrected chi connectivity index (χ0v) is 26.3. The summed E-state index contributed by atoms with van der Waals surface area (Å²) in [6.07, 6.45) is 0.570. The SMILES string of the molecule is Cc1nc(C)c(C(OC(C)(C)C)C(=O)O)c(N2CCC(C)(C)CC2)c1-c1ccc(C(=O)NCc2c(F)cc(F)cc2F)cc1. The molecule has 0 bridgehead atoms. The molecule has 4 rings (SSSR count). The zero-order chi connectivity index (χ0) is 32.6. The van der Waals surface area contributed by atoms with Gasteiger partial charge < -0.3 is 20.1 Å². The summed E-state index contributed by atoms with van der Waals surface area (Å²) in [4.78, 5) is 32.5. The van der Waals surface area contributed by atoms with Gasteiger partial charge in [0.2, 0.25) is 0 Å². The Morgan fingerprint density at radius 2 is 1.59 bits per heavy atom. The van der Waals surface area contributed by atoms with Crippen LogP contribution < -0.4 is 10.2 Å². The summed E-state index contributed by atoms with van der Waals surface area (Å²) in [6, 6.07) is 7.79. The van der Waals surface area contributed by atoms with Crippen LogP contribution in [0.15, 0.2) is 36.4 Å². The highest BCUT2D eigenvalue weighted by Crippen LogP contribution is 2.44. The Morgan fingerprint density at radius 3 is 2.11 bits per heavy atom. The molecule has 2 N–H and O–H groups in total. The van der Waals surface area contributed by atoms with Gasteiger partial charge in [0.05, 0.1) is 11.3 Å². The van der Waals surface area contributed by atoms with E-state index in [1.165, 1.54) is 0 Å². The number of ether oxygens (including phenoxy) is 1. The summed E-state index contributed by atoms with van der Waals surface area (Å²) in [5.41, 5.74) is 3.21. The van der Waals surface area contributed by atoms with Crippen molar-refractivity contribution in [3.05, 3.63) is 81.9 Å². The van der Waals surface area contributed by atoms with Gasteiger partial charge in [-0.2, -0.15) is 0 Å². The summed E-state index contributed by atoms with van der Waals surface area (Å²) in [7, 11) is 0. The number of nitrogens with one attached hydrogen (secondary N) is 1. The second kappa shape index (κ2) is 12.6. The van der Waals surface area contributed by atoms with Crippen molar-refractivity contribution in [3.63, 3.8) is 0 Å². The fourth-order valence-electron chi connectivity index (χ4n) is 5.56. The summed E-state index contributed by atoms with van der Waals surface area (Å²) in [5.74, 6) is -4.89. The van der Waals surface area contributed by atoms with Crippen LogP contribution in [0.2, 0.25) is 0 Å². The van der Waals surface area contributed by atoms with E-state index >= 15 is 0 Å². The van der Waals surface area contributed by atoms with Crippen molar-refractivity contribution in [1.82, 2.24) is 10.3 Å². The number of anilines is 1. The largest absolute Gasteiger partial charge is 0.479 e. The van der Waals surface area contributed by atoms with Crippen LogP contribution in [0, 0.1) is 36.7 Å². The maximum Gasteiger partial charge on any atom is 0.337 e. The van der Waals surface area contributed by atoms with Crippen LogP contribution in [0.25, 0.3) is 11.1 Å². The van der Waals surface area contributed by atoms with E-state index in [1.807, 2.05) is 27.7 Å². The predicted molar refractivity (Wildman–Crippen MR) is 163 cm³/mol. The van der Waals surface area contributed by atoms with Crippen LogP contribution in [-0.2, 0) is 16.1 Å². The summed E-state index contributed by atoms with van der Waals surface area (Å²) in [6.45, 7) is 14.5. The summed E-state index contributed by atoms with van der Waals surface area (Å²) in [5, 5.41) is 12.8. The Kier molecular flexibility index (Phi) is 9.44. The molecule has 0 aliphatic carbocycles. The topological polar surface area (TPSA) is 91.8 Å². The van der Waals surface area contributed by atoms with Crippen molar-refractivity contribution in [2.45, 2.75) is 79.6 Å². The molecule has 236 valence electrons. The van der Waals surface area contributed by atoms with Crippen LogP contribution in [-0.4, -0.2) is 40.7 Å². The first-order valence-electron chi connectivity index (χ1n) is 14.7. The Bertz CT molecular complexity index is 1530. The predicted octanol–water partition coefficient (Wildman–Crippen LogP) is 7.28. The molecule has 44 heavy (non-hydrogen) atoms. The molecule has 1 atom stereocenters. The molecule has 1 aromatic heterocycles. The van der Waals surface area contributed by atoms with Gasteiger partial charge in [0.25, 0.3) is 5.91 Å². The molecule has 0 saturated carbocycles. The number of carbonyl (C=O) groups is 2. The monoisotopic (exact) mass is 611 g/mol. The van der Waals surface area contributed by atoms with Crippen molar-refractivity contribution < 1.29 is 32.6 Å². The maximum atomic E-state index is 14.0. The van der Waals surface area contributed by atoms with Gasteiger partial charge in [-0.3, -0.25) is 9.78 Å². The van der Waals surface area contributed by atoms with Crippen LogP contribution in [0.4, 0.5) is 18.9 Å². The van der Waals surface area contributed by atoms with Gasteiger partial charge in [0.1, 0.15) is 17.5 Å². The molecule has 1 aliphatic heterocycles. The molecule has 2 aromatic carbocycles. The van der Waals surface area contributed by atoms with Gasteiger partial charge in [-0.1, -0.05) is 26.0 Å². The lowest BCUT2D eigenvalue weighted by Crippen LogP contribution is -2.39. The number of aliphatic carboxylic acids is 1. The lowest BCUT2D eigenvalue weighted by Gasteiger charge is -2.41. The van der Waals surface area contributed by atoms with Crippen molar-refractivity contribution in [1.29, 1.82) is 0 Å². The Balaban J connectivity index is 1.75. The number of aryl methyl sites for hydroxylation is 2. The van der Waals surface area contributed by atoms with Crippen molar-refractivity contribution in [2.24, 2.45) is 5.41 Å². The Morgan fingerprint density at radius 1 is 1.02 bits per heavy atom. The standard InChI is InChI=1S/C34H40F3N3O4/c1-19-27(21-8-10-22(11-9-21)31(41)38-18-24-25(36)16-23(35)17-26(24)37)29(40-14-12-34(6,7)13-15-40)28(20(2)39-19)30(32(42)43)44-33(3,4)5/h8-11,16-17,30H,12-15,18H2,1-7H3,(H,38,41)(H,42,43). The van der Waals surface area contributed by atoms with E-state index in [0.29, 0.717) is 29.1 Å². The van der Waals surface area contributed by atoms with Crippen molar-refractivity contribution in [3.8, 4) is 11.1 Å². The lowest BCUT2D eigenvalue weighted by molar-refractivity contribution is -0.160. The number of aromatic nitrogens is 1. The highest BCUT2D eigenvalue weighted by molar-refractivity contribution is 5.95. The highest BCUT2D eigenvalue weighted by atomic mass is 19.1. The number of halogens is 3. The number of piperidine rings is 1. The molecule has 3 aromatic rings. The first kappa shape index (κ1) is 33.0. The Labute approximate surface area is 256 Å². The minimum Gasteiger partial charge on any atom is -0.479 e. The molecule has 1 aliphatic rings. The molecule has 0 spiro atoms. The van der Waals surface area contributed by atoms with Crippen LogP contribution in [0.5, 0.6) is 0 Å². The molecule has 2 heterocycles. The number of amides is 1. The van der Waals surface area contributed by atoms with Crippen LogP contribution in [0.3, 0.4) is 0 Å². The number of pyridine rings is 1. The maximum absolute atomic E-state index is 14.0. The number of carbonyl (C=O) groups excluding carboxylic acids is 1. The van der Waals surface area contributed by atoms with E-state index in [4.69, 9.17) is 9.72 Å². The van der Waals surface area contributed by atoms with Crippen LogP contribution >= 0.6 is 0 Å². The summed E-state index contributed by atoms with van der Waals surface area (Å²) < 4.78 is 47.5. The number of hydrogen-bond donors (Lipinski definition) is 2. The first-order chi connectivity index (χ1) is 20.5. The number of carboxylic acids is 1. The zero-order valence-electron chi connectivity index (χ0n) is 26.3. The second-order valence-electron chi connectivity index (χ2n) is 13.1. The second-order valence-corrected chi connectivity index (χ2v) is 13.1. The van der Waals surface area contributed by atoms with Gasteiger partial charge in [-0.05, 0) is 70.6 Å². The third-order valence-electron chi connectivity index (χ3n) is 7.94. The van der Waals surface area contributed by atoms with E-state index < -0.39 is 53.1 Å². The third kappa shape index (κ3) is 7.41. The minimum atomic E-state index is -1.26. The third-order valence-corrected chi connectivity index (χ3v) is 7.94.